The number of benzene rings is 1. The largest absolute Gasteiger partial charge is 0.356 e. The number of aryl methyl sites for hydroxylation is 2. The zero-order chi connectivity index (χ0) is 17.5. The number of nitrogens with one attached hydrogen (secondary N) is 2. The summed E-state index contributed by atoms with van der Waals surface area (Å²) in [6.07, 6.45) is 1.34. The van der Waals surface area contributed by atoms with Gasteiger partial charge in [0.15, 0.2) is 5.96 Å². The van der Waals surface area contributed by atoms with Gasteiger partial charge in [-0.15, -0.1) is 35.3 Å². The summed E-state index contributed by atoms with van der Waals surface area (Å²) in [7, 11) is 1.71. The first-order valence-corrected chi connectivity index (χ1v) is 9.01. The smallest absolute Gasteiger partial charge is 0.191 e. The lowest BCUT2D eigenvalue weighted by Crippen LogP contribution is -2.39. The summed E-state index contributed by atoms with van der Waals surface area (Å²) in [5, 5.41) is 7.98. The highest BCUT2D eigenvalue weighted by Crippen LogP contribution is 2.19. The highest BCUT2D eigenvalue weighted by atomic mass is 127. The molecule has 0 saturated heterocycles. The Morgan fingerprint density at radius 3 is 2.48 bits per heavy atom. The lowest BCUT2D eigenvalue weighted by molar-refractivity contribution is 0.607. The molecule has 8 heteroatoms. The Balaban J connectivity index is 0.00000312. The molecule has 0 amide bonds. The number of halogens is 3. The highest BCUT2D eigenvalue weighted by Gasteiger charge is 2.07. The molecule has 4 nitrogen and oxygen atoms in total. The van der Waals surface area contributed by atoms with E-state index in [4.69, 9.17) is 11.6 Å². The quantitative estimate of drug-likeness (QED) is 0.359. The first-order valence-electron chi connectivity index (χ1n) is 7.81. The maximum absolute atomic E-state index is 13.7. The van der Waals surface area contributed by atoms with E-state index in [0.717, 1.165) is 23.7 Å². The molecule has 1 aromatic heterocycles. The van der Waals surface area contributed by atoms with Gasteiger partial charge in [0.2, 0.25) is 0 Å². The summed E-state index contributed by atoms with van der Waals surface area (Å²) in [6, 6.07) is 4.73. The average molecular weight is 497 g/mol. The number of thiazole rings is 1. The van der Waals surface area contributed by atoms with Crippen LogP contribution in [0.2, 0.25) is 5.02 Å². The van der Waals surface area contributed by atoms with Crippen LogP contribution >= 0.6 is 46.9 Å². The molecule has 2 N–H and O–H groups in total. The molecule has 0 fully saturated rings. The van der Waals surface area contributed by atoms with Crippen molar-refractivity contribution in [1.29, 1.82) is 0 Å². The number of hydrogen-bond donors (Lipinski definition) is 2. The minimum absolute atomic E-state index is 0. The van der Waals surface area contributed by atoms with Crippen LogP contribution in [0.5, 0.6) is 0 Å². The van der Waals surface area contributed by atoms with Gasteiger partial charge < -0.3 is 10.6 Å². The molecule has 0 atom stereocenters. The summed E-state index contributed by atoms with van der Waals surface area (Å²) in [5.41, 5.74) is 1.62. The predicted octanol–water partition coefficient (Wildman–Crippen LogP) is 4.12. The van der Waals surface area contributed by atoms with Gasteiger partial charge in [-0.2, -0.15) is 0 Å². The maximum Gasteiger partial charge on any atom is 0.191 e. The van der Waals surface area contributed by atoms with Crippen molar-refractivity contribution in [2.75, 3.05) is 20.1 Å². The molecule has 0 aliphatic heterocycles. The summed E-state index contributed by atoms with van der Waals surface area (Å²) in [5.74, 6) is 0.411. The molecule has 2 rings (SSSR count). The first-order chi connectivity index (χ1) is 11.5. The number of nitrogens with zero attached hydrogens (tertiary/aromatic N) is 2. The Morgan fingerprint density at radius 2 is 1.92 bits per heavy atom. The van der Waals surface area contributed by atoms with Gasteiger partial charge in [-0.05, 0) is 32.4 Å². The van der Waals surface area contributed by atoms with E-state index >= 15 is 0 Å². The molecule has 0 saturated carbocycles. The van der Waals surface area contributed by atoms with Gasteiger partial charge in [-0.25, -0.2) is 9.37 Å². The highest BCUT2D eigenvalue weighted by molar-refractivity contribution is 14.0. The van der Waals surface area contributed by atoms with Crippen molar-refractivity contribution in [3.63, 3.8) is 0 Å². The SMILES string of the molecule is CN=C(NCCc1nc(C)c(C)s1)NCCc1c(F)cccc1Cl.I. The lowest BCUT2D eigenvalue weighted by Gasteiger charge is -2.12. The standard InChI is InChI=1S/C17H22ClFN4S.HI/c1-11-12(2)24-16(23-11)8-10-22-17(20-3)21-9-7-13-14(18)5-4-6-15(13)19;/h4-6H,7-10H2,1-3H3,(H2,20,21,22);1H. The van der Waals surface area contributed by atoms with Crippen molar-refractivity contribution < 1.29 is 4.39 Å². The average Bonchev–Trinajstić information content (AvgIpc) is 2.86. The molecule has 1 aromatic carbocycles. The minimum atomic E-state index is -0.276. The summed E-state index contributed by atoms with van der Waals surface area (Å²) in [6.45, 7) is 5.40. The van der Waals surface area contributed by atoms with Crippen molar-refractivity contribution in [2.45, 2.75) is 26.7 Å². The van der Waals surface area contributed by atoms with Crippen LogP contribution in [0.15, 0.2) is 23.2 Å². The van der Waals surface area contributed by atoms with Gasteiger partial charge in [0.25, 0.3) is 0 Å². The molecule has 0 radical (unpaired) electrons. The van der Waals surface area contributed by atoms with E-state index in [1.54, 1.807) is 30.5 Å². The molecule has 0 spiro atoms. The van der Waals surface area contributed by atoms with Crippen LogP contribution in [0.1, 0.15) is 21.1 Å². The third-order valence-corrected chi connectivity index (χ3v) is 5.14. The number of guanidine groups is 1. The second-order valence-electron chi connectivity index (χ2n) is 5.38. The normalized spacial score (nSPS) is 11.2. The van der Waals surface area contributed by atoms with Crippen LogP contribution in [0.25, 0.3) is 0 Å². The zero-order valence-electron chi connectivity index (χ0n) is 14.5. The number of hydrogen-bond acceptors (Lipinski definition) is 3. The maximum atomic E-state index is 13.7. The van der Waals surface area contributed by atoms with Crippen LogP contribution in [0.4, 0.5) is 4.39 Å². The van der Waals surface area contributed by atoms with Crippen molar-refractivity contribution in [2.24, 2.45) is 4.99 Å². The summed E-state index contributed by atoms with van der Waals surface area (Å²) in [4.78, 5) is 9.94. The van der Waals surface area contributed by atoms with Gasteiger partial charge in [0.1, 0.15) is 5.82 Å². The predicted molar refractivity (Wildman–Crippen MR) is 115 cm³/mol. The van der Waals surface area contributed by atoms with Crippen molar-refractivity contribution >= 4 is 52.9 Å². The van der Waals surface area contributed by atoms with Crippen molar-refractivity contribution in [3.05, 3.63) is 50.2 Å². The number of rotatable bonds is 6. The fourth-order valence-electron chi connectivity index (χ4n) is 2.23. The van der Waals surface area contributed by atoms with Gasteiger partial charge in [-0.3, -0.25) is 4.99 Å². The first kappa shape index (κ1) is 22.1. The molecule has 0 bridgehead atoms. The zero-order valence-corrected chi connectivity index (χ0v) is 18.4. The van der Waals surface area contributed by atoms with Crippen LogP contribution in [0, 0.1) is 19.7 Å². The molecule has 25 heavy (non-hydrogen) atoms. The number of aliphatic imine (C=N–C) groups is 1. The molecular weight excluding hydrogens is 474 g/mol. The van der Waals surface area contributed by atoms with Gasteiger partial charge in [-0.1, -0.05) is 17.7 Å². The van der Waals surface area contributed by atoms with Crippen LogP contribution in [0.3, 0.4) is 0 Å². The van der Waals surface area contributed by atoms with Crippen LogP contribution in [-0.4, -0.2) is 31.1 Å². The Labute approximate surface area is 174 Å². The number of aromatic nitrogens is 1. The Bertz CT molecular complexity index is 681. The summed E-state index contributed by atoms with van der Waals surface area (Å²) < 4.78 is 13.7. The fourth-order valence-corrected chi connectivity index (χ4v) is 3.42. The van der Waals surface area contributed by atoms with Crippen molar-refractivity contribution in [1.82, 2.24) is 15.6 Å². The third-order valence-electron chi connectivity index (χ3n) is 3.66. The van der Waals surface area contributed by atoms with E-state index in [2.05, 4.69) is 27.5 Å². The summed E-state index contributed by atoms with van der Waals surface area (Å²) >= 11 is 7.75. The molecule has 0 unspecified atom stereocenters. The molecule has 0 aliphatic rings. The topological polar surface area (TPSA) is 49.3 Å². The molecule has 2 aromatic rings. The Hall–Kier alpha value is -0.930. The van der Waals surface area contributed by atoms with Crippen LogP contribution in [-0.2, 0) is 12.8 Å². The van der Waals surface area contributed by atoms with Gasteiger partial charge in [0, 0.05) is 42.0 Å². The van der Waals surface area contributed by atoms with E-state index in [1.807, 2.05) is 6.92 Å². The molecule has 1 heterocycles. The second-order valence-corrected chi connectivity index (χ2v) is 7.07. The van der Waals surface area contributed by atoms with E-state index in [0.29, 0.717) is 29.5 Å². The van der Waals surface area contributed by atoms with E-state index < -0.39 is 0 Å². The van der Waals surface area contributed by atoms with Gasteiger partial charge >= 0.3 is 0 Å². The van der Waals surface area contributed by atoms with E-state index in [1.165, 1.54) is 10.9 Å². The fraction of sp³-hybridized carbons (Fsp3) is 0.412. The van der Waals surface area contributed by atoms with E-state index in [9.17, 15) is 4.39 Å². The van der Waals surface area contributed by atoms with Gasteiger partial charge in [0.05, 0.1) is 10.7 Å². The second kappa shape index (κ2) is 10.9. The van der Waals surface area contributed by atoms with E-state index in [-0.39, 0.29) is 29.8 Å². The minimum Gasteiger partial charge on any atom is -0.356 e. The molecule has 0 aliphatic carbocycles. The molecule has 138 valence electrons. The monoisotopic (exact) mass is 496 g/mol. The van der Waals surface area contributed by atoms with Crippen LogP contribution < -0.4 is 10.6 Å². The Kier molecular flexibility index (Phi) is 9.66. The Morgan fingerprint density at radius 1 is 1.24 bits per heavy atom. The van der Waals surface area contributed by atoms with Crippen molar-refractivity contribution in [3.8, 4) is 0 Å². The third kappa shape index (κ3) is 6.71. The molecular formula is C17H23ClFIN4S. The lowest BCUT2D eigenvalue weighted by atomic mass is 10.1.